The SMILES string of the molecule is CCc1c(C(=O)N(C)Cc2ccc3c(c2)OCO3)cnn1-c1ccc(C)cc1. The van der Waals surface area contributed by atoms with E-state index in [0.29, 0.717) is 18.5 Å². The van der Waals surface area contributed by atoms with Crippen LogP contribution < -0.4 is 9.47 Å². The van der Waals surface area contributed by atoms with Gasteiger partial charge in [-0.05, 0) is 43.2 Å². The lowest BCUT2D eigenvalue weighted by molar-refractivity contribution is 0.0784. The van der Waals surface area contributed by atoms with E-state index in [9.17, 15) is 4.79 Å². The van der Waals surface area contributed by atoms with E-state index in [1.165, 1.54) is 5.56 Å². The predicted molar refractivity (Wildman–Crippen MR) is 106 cm³/mol. The van der Waals surface area contributed by atoms with E-state index >= 15 is 0 Å². The Hall–Kier alpha value is -3.28. The standard InChI is InChI=1S/C22H23N3O3/c1-4-19-18(12-23-25(19)17-8-5-15(2)6-9-17)22(26)24(3)13-16-7-10-20-21(11-16)28-14-27-20/h5-12H,4,13-14H2,1-3H3. The van der Waals surface area contributed by atoms with Crippen molar-refractivity contribution in [2.75, 3.05) is 13.8 Å². The normalized spacial score (nSPS) is 12.2. The molecule has 0 saturated heterocycles. The molecule has 6 nitrogen and oxygen atoms in total. The van der Waals surface area contributed by atoms with Gasteiger partial charge < -0.3 is 14.4 Å². The summed E-state index contributed by atoms with van der Waals surface area (Å²) in [5, 5.41) is 4.48. The Balaban J connectivity index is 1.56. The van der Waals surface area contributed by atoms with Gasteiger partial charge in [0.1, 0.15) is 0 Å². The van der Waals surface area contributed by atoms with Crippen LogP contribution in [0.2, 0.25) is 0 Å². The van der Waals surface area contributed by atoms with Crippen LogP contribution in [-0.4, -0.2) is 34.4 Å². The molecule has 0 atom stereocenters. The first-order valence-electron chi connectivity index (χ1n) is 9.34. The number of hydrogen-bond donors (Lipinski definition) is 0. The van der Waals surface area contributed by atoms with E-state index < -0.39 is 0 Å². The molecule has 0 fully saturated rings. The maximum Gasteiger partial charge on any atom is 0.257 e. The zero-order valence-corrected chi connectivity index (χ0v) is 16.3. The van der Waals surface area contributed by atoms with Gasteiger partial charge in [-0.25, -0.2) is 4.68 Å². The Kier molecular flexibility index (Phi) is 4.77. The number of aryl methyl sites for hydroxylation is 1. The van der Waals surface area contributed by atoms with Gasteiger partial charge in [-0.15, -0.1) is 0 Å². The molecule has 28 heavy (non-hydrogen) atoms. The molecule has 0 bridgehead atoms. The van der Waals surface area contributed by atoms with E-state index in [0.717, 1.165) is 28.4 Å². The first kappa shape index (κ1) is 18.1. The smallest absolute Gasteiger partial charge is 0.257 e. The minimum Gasteiger partial charge on any atom is -0.454 e. The molecule has 0 spiro atoms. The quantitative estimate of drug-likeness (QED) is 0.680. The van der Waals surface area contributed by atoms with Gasteiger partial charge in [0.15, 0.2) is 11.5 Å². The lowest BCUT2D eigenvalue weighted by atomic mass is 10.1. The first-order valence-corrected chi connectivity index (χ1v) is 9.34. The monoisotopic (exact) mass is 377 g/mol. The number of amides is 1. The lowest BCUT2D eigenvalue weighted by Gasteiger charge is -2.18. The largest absolute Gasteiger partial charge is 0.454 e. The average molecular weight is 377 g/mol. The number of carbonyl (C=O) groups excluding carboxylic acids is 1. The molecule has 0 N–H and O–H groups in total. The van der Waals surface area contributed by atoms with Crippen molar-refractivity contribution >= 4 is 5.91 Å². The number of aromatic nitrogens is 2. The lowest BCUT2D eigenvalue weighted by Crippen LogP contribution is -2.27. The highest BCUT2D eigenvalue weighted by Crippen LogP contribution is 2.32. The molecule has 1 aliphatic heterocycles. The molecule has 6 heteroatoms. The van der Waals surface area contributed by atoms with Crippen molar-refractivity contribution in [2.24, 2.45) is 0 Å². The van der Waals surface area contributed by atoms with E-state index in [1.807, 2.05) is 61.0 Å². The Morgan fingerprint density at radius 1 is 1.14 bits per heavy atom. The number of rotatable bonds is 5. The van der Waals surface area contributed by atoms with E-state index in [1.54, 1.807) is 18.1 Å². The molecule has 1 aromatic heterocycles. The van der Waals surface area contributed by atoms with Crippen LogP contribution >= 0.6 is 0 Å². The fourth-order valence-electron chi connectivity index (χ4n) is 3.39. The van der Waals surface area contributed by atoms with Gasteiger partial charge in [0.25, 0.3) is 5.91 Å². The summed E-state index contributed by atoms with van der Waals surface area (Å²) < 4.78 is 12.6. The number of carbonyl (C=O) groups is 1. The topological polar surface area (TPSA) is 56.6 Å². The maximum absolute atomic E-state index is 13.1. The van der Waals surface area contributed by atoms with Crippen LogP contribution in [0.3, 0.4) is 0 Å². The van der Waals surface area contributed by atoms with Crippen LogP contribution in [0, 0.1) is 6.92 Å². The molecule has 0 saturated carbocycles. The van der Waals surface area contributed by atoms with Gasteiger partial charge in [0.05, 0.1) is 23.1 Å². The predicted octanol–water partition coefficient (Wildman–Crippen LogP) is 3.74. The molecule has 0 aliphatic carbocycles. The molecule has 0 radical (unpaired) electrons. The zero-order chi connectivity index (χ0) is 19.7. The number of ether oxygens (including phenoxy) is 2. The summed E-state index contributed by atoms with van der Waals surface area (Å²) in [6, 6.07) is 13.9. The molecule has 144 valence electrons. The van der Waals surface area contributed by atoms with Gasteiger partial charge in [0.2, 0.25) is 6.79 Å². The molecule has 1 amide bonds. The highest BCUT2D eigenvalue weighted by Gasteiger charge is 2.21. The summed E-state index contributed by atoms with van der Waals surface area (Å²) in [7, 11) is 1.80. The highest BCUT2D eigenvalue weighted by molar-refractivity contribution is 5.95. The van der Waals surface area contributed by atoms with Crippen molar-refractivity contribution in [2.45, 2.75) is 26.8 Å². The highest BCUT2D eigenvalue weighted by atomic mass is 16.7. The van der Waals surface area contributed by atoms with Gasteiger partial charge in [-0.1, -0.05) is 30.7 Å². The van der Waals surface area contributed by atoms with Crippen molar-refractivity contribution in [1.29, 1.82) is 0 Å². The number of benzene rings is 2. The Bertz CT molecular complexity index is 1010. The molecule has 2 aromatic carbocycles. The maximum atomic E-state index is 13.1. The summed E-state index contributed by atoms with van der Waals surface area (Å²) in [6.07, 6.45) is 2.38. The van der Waals surface area contributed by atoms with Gasteiger partial charge in [-0.3, -0.25) is 4.79 Å². The number of hydrogen-bond acceptors (Lipinski definition) is 4. The zero-order valence-electron chi connectivity index (χ0n) is 16.3. The molecule has 1 aliphatic rings. The fourth-order valence-corrected chi connectivity index (χ4v) is 3.39. The summed E-state index contributed by atoms with van der Waals surface area (Å²) >= 11 is 0. The fraction of sp³-hybridized carbons (Fsp3) is 0.273. The molecule has 3 aromatic rings. The minimum absolute atomic E-state index is 0.0483. The minimum atomic E-state index is -0.0483. The van der Waals surface area contributed by atoms with Crippen LogP contribution in [-0.2, 0) is 13.0 Å². The van der Waals surface area contributed by atoms with E-state index in [4.69, 9.17) is 9.47 Å². The summed E-state index contributed by atoms with van der Waals surface area (Å²) in [5.41, 5.74) is 4.68. The number of nitrogens with zero attached hydrogens (tertiary/aromatic N) is 3. The van der Waals surface area contributed by atoms with E-state index in [-0.39, 0.29) is 12.7 Å². The Morgan fingerprint density at radius 3 is 2.64 bits per heavy atom. The average Bonchev–Trinajstić information content (AvgIpc) is 3.34. The second kappa shape index (κ2) is 7.38. The van der Waals surface area contributed by atoms with Crippen LogP contribution in [0.25, 0.3) is 5.69 Å². The van der Waals surface area contributed by atoms with Crippen molar-refractivity contribution in [3.63, 3.8) is 0 Å². The third-order valence-corrected chi connectivity index (χ3v) is 4.92. The van der Waals surface area contributed by atoms with Gasteiger partial charge in [-0.2, -0.15) is 5.10 Å². The second-order valence-electron chi connectivity index (χ2n) is 6.95. The molecule has 0 unspecified atom stereocenters. The van der Waals surface area contributed by atoms with E-state index in [2.05, 4.69) is 5.10 Å². The first-order chi connectivity index (χ1) is 13.6. The summed E-state index contributed by atoms with van der Waals surface area (Å²) in [4.78, 5) is 14.8. The second-order valence-corrected chi connectivity index (χ2v) is 6.95. The van der Waals surface area contributed by atoms with Crippen molar-refractivity contribution < 1.29 is 14.3 Å². The van der Waals surface area contributed by atoms with Crippen LogP contribution in [0.15, 0.2) is 48.7 Å². The summed E-state index contributed by atoms with van der Waals surface area (Å²) in [6.45, 7) is 4.81. The van der Waals surface area contributed by atoms with Crippen molar-refractivity contribution in [1.82, 2.24) is 14.7 Å². The third-order valence-electron chi connectivity index (χ3n) is 4.92. The van der Waals surface area contributed by atoms with Crippen LogP contribution in [0.1, 0.15) is 34.1 Å². The van der Waals surface area contributed by atoms with Gasteiger partial charge in [0, 0.05) is 13.6 Å². The van der Waals surface area contributed by atoms with Crippen LogP contribution in [0.4, 0.5) is 0 Å². The molecular weight excluding hydrogens is 354 g/mol. The number of fused-ring (bicyclic) bond motifs is 1. The Morgan fingerprint density at radius 2 is 1.89 bits per heavy atom. The van der Waals surface area contributed by atoms with Gasteiger partial charge >= 0.3 is 0 Å². The third kappa shape index (κ3) is 3.33. The molecular formula is C22H23N3O3. The van der Waals surface area contributed by atoms with Crippen molar-refractivity contribution in [3.05, 3.63) is 71.0 Å². The molecule has 4 rings (SSSR count). The van der Waals surface area contributed by atoms with Crippen LogP contribution in [0.5, 0.6) is 11.5 Å². The summed E-state index contributed by atoms with van der Waals surface area (Å²) in [5.74, 6) is 1.41. The molecule has 2 heterocycles. The van der Waals surface area contributed by atoms with Crippen molar-refractivity contribution in [3.8, 4) is 17.2 Å². The Labute approximate surface area is 164 Å².